The van der Waals surface area contributed by atoms with Crippen LogP contribution in [-0.4, -0.2) is 63.2 Å². The molecule has 1 aromatic carbocycles. The van der Waals surface area contributed by atoms with Gasteiger partial charge in [-0.3, -0.25) is 4.79 Å². The molecule has 0 N–H and O–H groups in total. The number of carbonyl (C=O) groups is 1. The van der Waals surface area contributed by atoms with Crippen LogP contribution in [0, 0.1) is 0 Å². The van der Waals surface area contributed by atoms with Gasteiger partial charge >= 0.3 is 0 Å². The van der Waals surface area contributed by atoms with E-state index in [0.717, 1.165) is 50.3 Å². The minimum absolute atomic E-state index is 0.212. The quantitative estimate of drug-likeness (QED) is 0.404. The maximum atomic E-state index is 12.8. The van der Waals surface area contributed by atoms with Gasteiger partial charge in [0, 0.05) is 18.0 Å². The molecule has 0 aliphatic carbocycles. The van der Waals surface area contributed by atoms with Gasteiger partial charge < -0.3 is 19.3 Å². The molecule has 1 amide bonds. The zero-order chi connectivity index (χ0) is 22.8. The van der Waals surface area contributed by atoms with Gasteiger partial charge in [0.15, 0.2) is 11.5 Å². The molecule has 0 atom stereocenters. The fraction of sp³-hybridized carbons (Fsp3) is 0.577. The van der Waals surface area contributed by atoms with Crippen LogP contribution in [0.1, 0.15) is 48.1 Å². The predicted octanol–water partition coefficient (Wildman–Crippen LogP) is 4.82. The average Bonchev–Trinajstić information content (AvgIpc) is 3.26. The molecule has 6 heteroatoms. The fourth-order valence-electron chi connectivity index (χ4n) is 4.38. The molecule has 0 saturated heterocycles. The monoisotopic (exact) mass is 458 g/mol. The Morgan fingerprint density at radius 3 is 2.44 bits per heavy atom. The number of fused-ring (bicyclic) bond motifs is 1. The fourth-order valence-corrected chi connectivity index (χ4v) is 5.14. The van der Waals surface area contributed by atoms with Gasteiger partial charge in [0.25, 0.3) is 0 Å². The van der Waals surface area contributed by atoms with Crippen LogP contribution >= 0.6 is 11.3 Å². The number of rotatable bonds is 13. The second-order valence-corrected chi connectivity index (χ2v) is 9.72. The second-order valence-electron chi connectivity index (χ2n) is 8.68. The Labute approximate surface area is 197 Å². The predicted molar refractivity (Wildman–Crippen MR) is 132 cm³/mol. The summed E-state index contributed by atoms with van der Waals surface area (Å²) in [4.78, 5) is 18.7. The molecule has 1 aliphatic rings. The van der Waals surface area contributed by atoms with E-state index < -0.39 is 0 Å². The molecule has 0 radical (unpaired) electrons. The van der Waals surface area contributed by atoms with E-state index in [0.29, 0.717) is 12.2 Å². The molecule has 32 heavy (non-hydrogen) atoms. The Kier molecular flexibility index (Phi) is 9.88. The Hall–Kier alpha value is -2.05. The minimum Gasteiger partial charge on any atom is -0.493 e. The summed E-state index contributed by atoms with van der Waals surface area (Å²) in [6.45, 7) is 3.77. The summed E-state index contributed by atoms with van der Waals surface area (Å²) in [5.41, 5.74) is 2.25. The zero-order valence-corrected chi connectivity index (χ0v) is 20.7. The van der Waals surface area contributed by atoms with Crippen LogP contribution in [0.2, 0.25) is 0 Å². The Morgan fingerprint density at radius 2 is 1.72 bits per heavy atom. The van der Waals surface area contributed by atoms with Crippen molar-refractivity contribution >= 4 is 17.2 Å². The number of methoxy groups -OCH3 is 2. The van der Waals surface area contributed by atoms with Crippen molar-refractivity contribution in [2.75, 3.05) is 47.4 Å². The SMILES string of the molecule is COc1cc2c(cc1OC)CC(=O)N(CCCN(C)CCCCCCc1cccs1)CC2. The number of unbranched alkanes of at least 4 members (excludes halogenated alkanes) is 3. The molecule has 2 heterocycles. The third-order valence-corrected chi connectivity index (χ3v) is 7.25. The summed E-state index contributed by atoms with van der Waals surface area (Å²) < 4.78 is 10.8. The minimum atomic E-state index is 0.212. The molecule has 5 nitrogen and oxygen atoms in total. The van der Waals surface area contributed by atoms with Gasteiger partial charge in [-0.2, -0.15) is 0 Å². The van der Waals surface area contributed by atoms with Gasteiger partial charge in [0.2, 0.25) is 5.91 Å². The molecule has 1 aromatic heterocycles. The highest BCUT2D eigenvalue weighted by molar-refractivity contribution is 7.09. The van der Waals surface area contributed by atoms with Crippen LogP contribution < -0.4 is 9.47 Å². The van der Waals surface area contributed by atoms with Crippen LogP contribution in [0.3, 0.4) is 0 Å². The number of hydrogen-bond acceptors (Lipinski definition) is 5. The van der Waals surface area contributed by atoms with Gasteiger partial charge in [-0.1, -0.05) is 18.9 Å². The standard InChI is InChI=1S/C26H38N2O3S/c1-27(13-7-5-4-6-10-23-11-8-17-32-23)14-9-15-28-16-12-21-18-24(30-2)25(31-3)19-22(21)20-26(28)29/h8,11,17-19H,4-7,9-10,12-16,20H2,1-3H3. The van der Waals surface area contributed by atoms with Gasteiger partial charge in [0.05, 0.1) is 20.6 Å². The smallest absolute Gasteiger partial charge is 0.227 e. The van der Waals surface area contributed by atoms with E-state index in [2.05, 4.69) is 29.5 Å². The van der Waals surface area contributed by atoms with Crippen molar-refractivity contribution in [3.8, 4) is 11.5 Å². The molecule has 3 rings (SSSR count). The van der Waals surface area contributed by atoms with Crippen molar-refractivity contribution in [3.05, 3.63) is 45.6 Å². The number of nitrogens with zero attached hydrogens (tertiary/aromatic N) is 2. The van der Waals surface area contributed by atoms with E-state index in [4.69, 9.17) is 9.47 Å². The number of benzene rings is 1. The van der Waals surface area contributed by atoms with Gasteiger partial charge in [-0.05, 0) is 86.9 Å². The molecule has 0 spiro atoms. The first-order chi connectivity index (χ1) is 15.6. The first-order valence-corrected chi connectivity index (χ1v) is 12.7. The molecule has 0 bridgehead atoms. The van der Waals surface area contributed by atoms with E-state index in [9.17, 15) is 4.79 Å². The van der Waals surface area contributed by atoms with E-state index in [1.807, 2.05) is 28.4 Å². The number of ether oxygens (including phenoxy) is 2. The molecular formula is C26H38N2O3S. The van der Waals surface area contributed by atoms with E-state index in [1.165, 1.54) is 42.5 Å². The van der Waals surface area contributed by atoms with E-state index in [-0.39, 0.29) is 5.91 Å². The van der Waals surface area contributed by atoms with Crippen LogP contribution in [-0.2, 0) is 24.1 Å². The third-order valence-electron chi connectivity index (χ3n) is 6.31. The second kappa shape index (κ2) is 12.9. The highest BCUT2D eigenvalue weighted by atomic mass is 32.1. The van der Waals surface area contributed by atoms with Gasteiger partial charge in [-0.15, -0.1) is 11.3 Å². The Morgan fingerprint density at radius 1 is 1.00 bits per heavy atom. The molecule has 176 valence electrons. The summed E-state index contributed by atoms with van der Waals surface area (Å²) in [5.74, 6) is 1.64. The van der Waals surface area contributed by atoms with Crippen molar-refractivity contribution in [1.29, 1.82) is 0 Å². The number of carbonyl (C=O) groups excluding carboxylic acids is 1. The summed E-state index contributed by atoms with van der Waals surface area (Å²) in [6.07, 6.45) is 8.70. The molecule has 1 aliphatic heterocycles. The van der Waals surface area contributed by atoms with E-state index >= 15 is 0 Å². The number of amides is 1. The van der Waals surface area contributed by atoms with Gasteiger partial charge in [-0.25, -0.2) is 0 Å². The maximum Gasteiger partial charge on any atom is 0.227 e. The first kappa shape index (κ1) is 24.6. The summed E-state index contributed by atoms with van der Waals surface area (Å²) in [5, 5.41) is 2.16. The van der Waals surface area contributed by atoms with Crippen molar-refractivity contribution < 1.29 is 14.3 Å². The summed E-state index contributed by atoms with van der Waals surface area (Å²) >= 11 is 1.87. The lowest BCUT2D eigenvalue weighted by Gasteiger charge is -2.22. The first-order valence-electron chi connectivity index (χ1n) is 11.8. The molecule has 0 fully saturated rings. The lowest BCUT2D eigenvalue weighted by molar-refractivity contribution is -0.130. The number of thiophene rings is 1. The highest BCUT2D eigenvalue weighted by Crippen LogP contribution is 2.32. The third kappa shape index (κ3) is 7.24. The largest absolute Gasteiger partial charge is 0.493 e. The Bertz CT molecular complexity index is 838. The summed E-state index contributed by atoms with van der Waals surface area (Å²) in [6, 6.07) is 8.37. The maximum absolute atomic E-state index is 12.8. The van der Waals surface area contributed by atoms with Crippen molar-refractivity contribution in [3.63, 3.8) is 0 Å². The summed E-state index contributed by atoms with van der Waals surface area (Å²) in [7, 11) is 5.49. The van der Waals surface area contributed by atoms with Crippen molar-refractivity contribution in [2.24, 2.45) is 0 Å². The normalized spacial score (nSPS) is 13.9. The highest BCUT2D eigenvalue weighted by Gasteiger charge is 2.22. The van der Waals surface area contributed by atoms with Crippen LogP contribution in [0.15, 0.2) is 29.6 Å². The number of hydrogen-bond donors (Lipinski definition) is 0. The van der Waals surface area contributed by atoms with Crippen molar-refractivity contribution in [2.45, 2.75) is 51.4 Å². The van der Waals surface area contributed by atoms with Crippen LogP contribution in [0.5, 0.6) is 11.5 Å². The van der Waals surface area contributed by atoms with E-state index in [1.54, 1.807) is 14.2 Å². The lowest BCUT2D eigenvalue weighted by Crippen LogP contribution is -2.35. The van der Waals surface area contributed by atoms with Crippen molar-refractivity contribution in [1.82, 2.24) is 9.80 Å². The number of aryl methyl sites for hydroxylation is 1. The van der Waals surface area contributed by atoms with Crippen LogP contribution in [0.4, 0.5) is 0 Å². The Balaban J connectivity index is 1.33. The topological polar surface area (TPSA) is 42.0 Å². The molecule has 0 saturated carbocycles. The molecule has 0 unspecified atom stereocenters. The lowest BCUT2D eigenvalue weighted by atomic mass is 10.0. The van der Waals surface area contributed by atoms with Gasteiger partial charge in [0.1, 0.15) is 0 Å². The average molecular weight is 459 g/mol. The zero-order valence-electron chi connectivity index (χ0n) is 19.9. The molecule has 2 aromatic rings. The molecular weight excluding hydrogens is 420 g/mol. The van der Waals surface area contributed by atoms with Crippen LogP contribution in [0.25, 0.3) is 0 Å².